The van der Waals surface area contributed by atoms with Crippen molar-refractivity contribution in [2.24, 2.45) is 5.92 Å². The van der Waals surface area contributed by atoms with Crippen molar-refractivity contribution in [2.45, 2.75) is 32.6 Å². The Morgan fingerprint density at radius 3 is 2.64 bits per heavy atom. The third-order valence-corrected chi connectivity index (χ3v) is 1.53. The van der Waals surface area contributed by atoms with Gasteiger partial charge in [-0.2, -0.15) is 5.26 Å². The lowest BCUT2D eigenvalue weighted by atomic mass is 10.00. The predicted octanol–water partition coefficient (Wildman–Crippen LogP) is 1.79. The lowest BCUT2D eigenvalue weighted by Crippen LogP contribution is -2.01. The van der Waals surface area contributed by atoms with Gasteiger partial charge in [-0.15, -0.1) is 0 Å². The Bertz CT molecular complexity index is 160. The maximum Gasteiger partial charge on any atom is 0.303 e. The second-order valence-electron chi connectivity index (χ2n) is 2.55. The Labute approximate surface area is 66.6 Å². The summed E-state index contributed by atoms with van der Waals surface area (Å²) in [5.74, 6) is -0.891. The topological polar surface area (TPSA) is 61.1 Å². The van der Waals surface area contributed by atoms with E-state index in [1.807, 2.05) is 6.92 Å². The summed E-state index contributed by atoms with van der Waals surface area (Å²) < 4.78 is 0. The highest BCUT2D eigenvalue weighted by molar-refractivity contribution is 5.66. The normalized spacial score (nSPS) is 12.0. The van der Waals surface area contributed by atoms with E-state index < -0.39 is 5.97 Å². The summed E-state index contributed by atoms with van der Waals surface area (Å²) in [7, 11) is 0. The standard InChI is InChI=1S/C8H13NO2/c1-2-3-7(6-9)4-5-8(10)11/h7H,2-5H2,1H3,(H,10,11). The number of carbonyl (C=O) groups is 1. The summed E-state index contributed by atoms with van der Waals surface area (Å²) >= 11 is 0. The van der Waals surface area contributed by atoms with Crippen LogP contribution < -0.4 is 0 Å². The first-order valence-electron chi connectivity index (χ1n) is 3.82. The van der Waals surface area contributed by atoms with Crippen LogP contribution in [0.5, 0.6) is 0 Å². The molecule has 0 aromatic rings. The molecule has 1 unspecified atom stereocenters. The average Bonchev–Trinajstić information content (AvgIpc) is 1.97. The fourth-order valence-corrected chi connectivity index (χ4v) is 0.920. The molecular weight excluding hydrogens is 142 g/mol. The summed E-state index contributed by atoms with van der Waals surface area (Å²) in [4.78, 5) is 10.1. The Morgan fingerprint density at radius 1 is 1.64 bits per heavy atom. The van der Waals surface area contributed by atoms with Crippen LogP contribution in [-0.4, -0.2) is 11.1 Å². The van der Waals surface area contributed by atoms with Crippen LogP contribution in [0.4, 0.5) is 0 Å². The molecule has 0 aromatic heterocycles. The lowest BCUT2D eigenvalue weighted by Gasteiger charge is -2.03. The van der Waals surface area contributed by atoms with Gasteiger partial charge in [0.25, 0.3) is 0 Å². The molecule has 0 radical (unpaired) electrons. The van der Waals surface area contributed by atoms with Gasteiger partial charge in [-0.3, -0.25) is 4.79 Å². The van der Waals surface area contributed by atoms with Gasteiger partial charge < -0.3 is 5.11 Å². The molecule has 0 fully saturated rings. The molecule has 11 heavy (non-hydrogen) atoms. The van der Waals surface area contributed by atoms with Crippen molar-refractivity contribution in [1.29, 1.82) is 5.26 Å². The maximum absolute atomic E-state index is 10.1. The highest BCUT2D eigenvalue weighted by Gasteiger charge is 2.07. The highest BCUT2D eigenvalue weighted by atomic mass is 16.4. The zero-order chi connectivity index (χ0) is 8.69. The van der Waals surface area contributed by atoms with Gasteiger partial charge in [0, 0.05) is 12.3 Å². The molecule has 1 atom stereocenters. The number of nitrogens with zero attached hydrogens (tertiary/aromatic N) is 1. The average molecular weight is 155 g/mol. The van der Waals surface area contributed by atoms with E-state index in [1.165, 1.54) is 0 Å². The van der Waals surface area contributed by atoms with Crippen LogP contribution >= 0.6 is 0 Å². The van der Waals surface area contributed by atoms with E-state index in [1.54, 1.807) is 0 Å². The second kappa shape index (κ2) is 5.72. The SMILES string of the molecule is CCCC(C#N)CCC(=O)O. The smallest absolute Gasteiger partial charge is 0.303 e. The lowest BCUT2D eigenvalue weighted by molar-refractivity contribution is -0.137. The van der Waals surface area contributed by atoms with Gasteiger partial charge >= 0.3 is 5.97 Å². The molecule has 3 nitrogen and oxygen atoms in total. The number of aliphatic carboxylic acids is 1. The van der Waals surface area contributed by atoms with Crippen LogP contribution in [0.15, 0.2) is 0 Å². The molecule has 0 rings (SSSR count). The van der Waals surface area contributed by atoms with Gasteiger partial charge in [0.15, 0.2) is 0 Å². The number of carboxylic acids is 1. The molecule has 0 aliphatic heterocycles. The van der Waals surface area contributed by atoms with Crippen molar-refractivity contribution in [3.63, 3.8) is 0 Å². The van der Waals surface area contributed by atoms with Gasteiger partial charge in [-0.05, 0) is 12.8 Å². The summed E-state index contributed by atoms with van der Waals surface area (Å²) in [5, 5.41) is 16.8. The molecule has 0 amide bonds. The predicted molar refractivity (Wildman–Crippen MR) is 40.9 cm³/mol. The van der Waals surface area contributed by atoms with Crippen molar-refractivity contribution < 1.29 is 9.90 Å². The van der Waals surface area contributed by atoms with Crippen LogP contribution in [0.3, 0.4) is 0 Å². The van der Waals surface area contributed by atoms with E-state index in [2.05, 4.69) is 6.07 Å². The molecule has 62 valence electrons. The van der Waals surface area contributed by atoms with E-state index in [0.717, 1.165) is 12.8 Å². The monoisotopic (exact) mass is 155 g/mol. The molecular formula is C8H13NO2. The summed E-state index contributed by atoms with van der Waals surface area (Å²) in [6, 6.07) is 2.10. The van der Waals surface area contributed by atoms with Gasteiger partial charge in [-0.1, -0.05) is 13.3 Å². The first-order chi connectivity index (χ1) is 5.20. The molecule has 0 aliphatic carbocycles. The quantitative estimate of drug-likeness (QED) is 0.658. The summed E-state index contributed by atoms with van der Waals surface area (Å²) in [6.45, 7) is 1.99. The Kier molecular flexibility index (Phi) is 5.18. The molecule has 0 saturated carbocycles. The van der Waals surface area contributed by atoms with Gasteiger partial charge in [0.2, 0.25) is 0 Å². The number of rotatable bonds is 5. The molecule has 0 heterocycles. The minimum absolute atomic E-state index is 0.0731. The van der Waals surface area contributed by atoms with Crippen LogP contribution in [0.1, 0.15) is 32.6 Å². The number of hydrogen-bond acceptors (Lipinski definition) is 2. The van der Waals surface area contributed by atoms with E-state index in [4.69, 9.17) is 10.4 Å². The van der Waals surface area contributed by atoms with Crippen molar-refractivity contribution in [2.75, 3.05) is 0 Å². The second-order valence-corrected chi connectivity index (χ2v) is 2.55. The first-order valence-corrected chi connectivity index (χ1v) is 3.82. The van der Waals surface area contributed by atoms with E-state index >= 15 is 0 Å². The Hall–Kier alpha value is -1.04. The third kappa shape index (κ3) is 5.41. The molecule has 0 saturated heterocycles. The van der Waals surface area contributed by atoms with E-state index in [9.17, 15) is 4.79 Å². The molecule has 0 bridgehead atoms. The Morgan fingerprint density at radius 2 is 2.27 bits per heavy atom. The summed E-state index contributed by atoms with van der Waals surface area (Å²) in [5.41, 5.74) is 0. The number of hydrogen-bond donors (Lipinski definition) is 1. The van der Waals surface area contributed by atoms with Gasteiger partial charge in [0.05, 0.1) is 6.07 Å². The number of carboxylic acid groups (broad SMARTS) is 1. The van der Waals surface area contributed by atoms with E-state index in [0.29, 0.717) is 6.42 Å². The molecule has 0 aromatic carbocycles. The van der Waals surface area contributed by atoms with Crippen LogP contribution in [-0.2, 0) is 4.79 Å². The van der Waals surface area contributed by atoms with Crippen molar-refractivity contribution in [1.82, 2.24) is 0 Å². The van der Waals surface area contributed by atoms with Crippen molar-refractivity contribution in [3.8, 4) is 6.07 Å². The molecule has 0 spiro atoms. The third-order valence-electron chi connectivity index (χ3n) is 1.53. The minimum atomic E-state index is -0.818. The van der Waals surface area contributed by atoms with Crippen LogP contribution in [0, 0.1) is 17.2 Å². The highest BCUT2D eigenvalue weighted by Crippen LogP contribution is 2.11. The van der Waals surface area contributed by atoms with Crippen LogP contribution in [0.2, 0.25) is 0 Å². The molecule has 3 heteroatoms. The number of nitriles is 1. The Balaban J connectivity index is 3.54. The first kappa shape index (κ1) is 9.96. The largest absolute Gasteiger partial charge is 0.481 e. The van der Waals surface area contributed by atoms with Gasteiger partial charge in [-0.25, -0.2) is 0 Å². The van der Waals surface area contributed by atoms with Crippen molar-refractivity contribution >= 4 is 5.97 Å². The molecule has 0 aliphatic rings. The zero-order valence-corrected chi connectivity index (χ0v) is 6.71. The van der Waals surface area contributed by atoms with Crippen molar-refractivity contribution in [3.05, 3.63) is 0 Å². The molecule has 1 N–H and O–H groups in total. The summed E-state index contributed by atoms with van der Waals surface area (Å²) in [6.07, 6.45) is 2.35. The fraction of sp³-hybridized carbons (Fsp3) is 0.750. The maximum atomic E-state index is 10.1. The zero-order valence-electron chi connectivity index (χ0n) is 6.71. The van der Waals surface area contributed by atoms with E-state index in [-0.39, 0.29) is 12.3 Å². The minimum Gasteiger partial charge on any atom is -0.481 e. The fourth-order valence-electron chi connectivity index (χ4n) is 0.920. The van der Waals surface area contributed by atoms with Crippen LogP contribution in [0.25, 0.3) is 0 Å². The van der Waals surface area contributed by atoms with Gasteiger partial charge in [0.1, 0.15) is 0 Å².